The van der Waals surface area contributed by atoms with Gasteiger partial charge in [0.1, 0.15) is 11.5 Å². The highest BCUT2D eigenvalue weighted by Crippen LogP contribution is 2.57. The number of para-hydroxylation sites is 2. The van der Waals surface area contributed by atoms with Crippen LogP contribution < -0.4 is 10.1 Å². The van der Waals surface area contributed by atoms with Crippen LogP contribution in [0.3, 0.4) is 0 Å². The van der Waals surface area contributed by atoms with Gasteiger partial charge in [0.05, 0.1) is 11.3 Å². The van der Waals surface area contributed by atoms with Crippen LogP contribution in [0.5, 0.6) is 11.5 Å². The van der Waals surface area contributed by atoms with E-state index in [9.17, 15) is 4.79 Å². The smallest absolute Gasteiger partial charge is 0.342 e. The molecule has 1 aliphatic carbocycles. The molecule has 5 heteroatoms. The minimum atomic E-state index is -1.08. The monoisotopic (exact) mass is 431 g/mol. The lowest BCUT2D eigenvalue weighted by Crippen LogP contribution is -2.32. The van der Waals surface area contributed by atoms with Crippen LogP contribution >= 0.6 is 11.6 Å². The second kappa shape index (κ2) is 7.03. The Kier molecular flexibility index (Phi) is 4.25. The van der Waals surface area contributed by atoms with Gasteiger partial charge in [0.25, 0.3) is 0 Å². The molecule has 0 atom stereocenters. The molecule has 4 nitrogen and oxygen atoms in total. The molecule has 0 bridgehead atoms. The van der Waals surface area contributed by atoms with Crippen molar-refractivity contribution < 1.29 is 14.3 Å². The Morgan fingerprint density at radius 3 is 2.19 bits per heavy atom. The fourth-order valence-electron chi connectivity index (χ4n) is 5.29. The number of fused-ring (bicyclic) bond motifs is 6. The highest BCUT2D eigenvalue weighted by atomic mass is 35.5. The van der Waals surface area contributed by atoms with E-state index < -0.39 is 5.60 Å². The Morgan fingerprint density at radius 1 is 0.871 bits per heavy atom. The number of esters is 1. The lowest BCUT2D eigenvalue weighted by atomic mass is 9.77. The fourth-order valence-corrected chi connectivity index (χ4v) is 5.51. The molecule has 1 spiro atoms. The largest absolute Gasteiger partial charge is 0.456 e. The molecule has 0 amide bonds. The van der Waals surface area contributed by atoms with Crippen molar-refractivity contribution in [1.29, 1.82) is 0 Å². The number of ether oxygens (including phenoxy) is 2. The number of rotatable bonds is 2. The number of nitrogens with one attached hydrogen (secondary N) is 1. The summed E-state index contributed by atoms with van der Waals surface area (Å²) in [7, 11) is 0. The van der Waals surface area contributed by atoms with Gasteiger partial charge in [0.15, 0.2) is 5.60 Å². The molecule has 0 aromatic heterocycles. The van der Waals surface area contributed by atoms with Crippen molar-refractivity contribution in [3.8, 4) is 11.5 Å². The maximum atomic E-state index is 13.4. The van der Waals surface area contributed by atoms with Crippen molar-refractivity contribution in [3.05, 3.63) is 87.9 Å². The topological polar surface area (TPSA) is 47.6 Å². The molecule has 0 radical (unpaired) electrons. The number of carbonyl (C=O) groups excluding carboxylic acids is 1. The maximum Gasteiger partial charge on any atom is 0.342 e. The van der Waals surface area contributed by atoms with Gasteiger partial charge in [-0.05, 0) is 37.1 Å². The molecule has 156 valence electrons. The van der Waals surface area contributed by atoms with E-state index >= 15 is 0 Å². The summed E-state index contributed by atoms with van der Waals surface area (Å²) in [4.78, 5) is 13.4. The van der Waals surface area contributed by atoms with E-state index in [0.29, 0.717) is 28.1 Å². The minimum Gasteiger partial charge on any atom is -0.456 e. The molecule has 2 heterocycles. The molecule has 3 aliphatic rings. The Bertz CT molecular complexity index is 1150. The second-order valence-electron chi connectivity index (χ2n) is 8.52. The SMILES string of the molecule is O=C1OC2(c3ccccc3Oc3ccccc32)c2cc(Cl)cc(NC3CCCCC3)c21. The summed E-state index contributed by atoms with van der Waals surface area (Å²) >= 11 is 6.61. The average molecular weight is 432 g/mol. The fraction of sp³-hybridized carbons (Fsp3) is 0.269. The second-order valence-corrected chi connectivity index (χ2v) is 8.96. The summed E-state index contributed by atoms with van der Waals surface area (Å²) in [6, 6.07) is 19.5. The van der Waals surface area contributed by atoms with Crippen molar-refractivity contribution in [1.82, 2.24) is 0 Å². The third-order valence-corrected chi connectivity index (χ3v) is 6.87. The lowest BCUT2D eigenvalue weighted by Gasteiger charge is -2.36. The van der Waals surface area contributed by atoms with Gasteiger partial charge in [0.2, 0.25) is 0 Å². The first-order valence-corrected chi connectivity index (χ1v) is 11.3. The zero-order chi connectivity index (χ0) is 21.0. The number of halogens is 1. The molecular formula is C26H22ClNO3. The van der Waals surface area contributed by atoms with Gasteiger partial charge >= 0.3 is 5.97 Å². The Hall–Kier alpha value is -2.98. The van der Waals surface area contributed by atoms with E-state index in [-0.39, 0.29) is 5.97 Å². The highest BCUT2D eigenvalue weighted by molar-refractivity contribution is 6.31. The quantitative estimate of drug-likeness (QED) is 0.461. The van der Waals surface area contributed by atoms with Gasteiger partial charge in [-0.3, -0.25) is 0 Å². The van der Waals surface area contributed by atoms with Crippen molar-refractivity contribution in [2.45, 2.75) is 43.7 Å². The van der Waals surface area contributed by atoms with Crippen molar-refractivity contribution in [2.75, 3.05) is 5.32 Å². The Morgan fingerprint density at radius 2 is 1.52 bits per heavy atom. The third kappa shape index (κ3) is 2.78. The van der Waals surface area contributed by atoms with Gasteiger partial charge in [0, 0.05) is 27.8 Å². The minimum absolute atomic E-state index is 0.337. The van der Waals surface area contributed by atoms with Crippen LogP contribution in [0.25, 0.3) is 0 Å². The summed E-state index contributed by atoms with van der Waals surface area (Å²) in [5, 5.41) is 4.19. The summed E-state index contributed by atoms with van der Waals surface area (Å²) in [5.74, 6) is 1.03. The molecule has 1 saturated carbocycles. The summed E-state index contributed by atoms with van der Waals surface area (Å²) < 4.78 is 12.4. The standard InChI is InChI=1S/C26H22ClNO3/c27-16-14-20-24(21(15-16)28-17-8-2-1-3-9-17)25(29)31-26(20)18-10-4-6-12-22(18)30-23-13-7-5-11-19(23)26/h4-7,10-15,17,28H,1-3,8-9H2. The molecule has 1 fully saturated rings. The van der Waals surface area contributed by atoms with Crippen LogP contribution in [0, 0.1) is 0 Å². The number of hydrogen-bond acceptors (Lipinski definition) is 4. The molecular weight excluding hydrogens is 410 g/mol. The normalized spacial score (nSPS) is 18.5. The molecule has 6 rings (SSSR count). The van der Waals surface area contributed by atoms with Crippen LogP contribution in [-0.4, -0.2) is 12.0 Å². The predicted octanol–water partition coefficient (Wildman–Crippen LogP) is 6.65. The molecule has 0 saturated heterocycles. The Labute approximate surface area is 186 Å². The average Bonchev–Trinajstić information content (AvgIpc) is 3.07. The maximum absolute atomic E-state index is 13.4. The first kappa shape index (κ1) is 18.8. The van der Waals surface area contributed by atoms with Crippen LogP contribution in [0.4, 0.5) is 5.69 Å². The molecule has 3 aromatic carbocycles. The van der Waals surface area contributed by atoms with Crippen LogP contribution in [0.15, 0.2) is 60.7 Å². The molecule has 2 aliphatic heterocycles. The van der Waals surface area contributed by atoms with Gasteiger partial charge < -0.3 is 14.8 Å². The van der Waals surface area contributed by atoms with Crippen molar-refractivity contribution >= 4 is 23.3 Å². The first-order valence-electron chi connectivity index (χ1n) is 10.9. The van der Waals surface area contributed by atoms with Gasteiger partial charge in [-0.2, -0.15) is 0 Å². The van der Waals surface area contributed by atoms with E-state index in [0.717, 1.165) is 35.2 Å². The van der Waals surface area contributed by atoms with Crippen LogP contribution in [-0.2, 0) is 10.3 Å². The van der Waals surface area contributed by atoms with Crippen LogP contribution in [0.2, 0.25) is 5.02 Å². The Balaban J connectivity index is 1.59. The van der Waals surface area contributed by atoms with Gasteiger partial charge in [-0.15, -0.1) is 0 Å². The molecule has 0 unspecified atom stereocenters. The van der Waals surface area contributed by atoms with E-state index in [1.165, 1.54) is 19.3 Å². The number of benzene rings is 3. The number of hydrogen-bond donors (Lipinski definition) is 1. The predicted molar refractivity (Wildman–Crippen MR) is 120 cm³/mol. The van der Waals surface area contributed by atoms with Gasteiger partial charge in [-0.1, -0.05) is 67.3 Å². The van der Waals surface area contributed by atoms with Crippen molar-refractivity contribution in [3.63, 3.8) is 0 Å². The zero-order valence-corrected chi connectivity index (χ0v) is 17.7. The molecule has 1 N–H and O–H groups in total. The lowest BCUT2D eigenvalue weighted by molar-refractivity contribution is 0.0225. The van der Waals surface area contributed by atoms with Crippen LogP contribution in [0.1, 0.15) is 59.2 Å². The number of carbonyl (C=O) groups is 1. The molecule has 31 heavy (non-hydrogen) atoms. The van der Waals surface area contributed by atoms with Crippen molar-refractivity contribution in [2.24, 2.45) is 0 Å². The molecule has 3 aromatic rings. The highest BCUT2D eigenvalue weighted by Gasteiger charge is 2.54. The van der Waals surface area contributed by atoms with E-state index in [4.69, 9.17) is 21.1 Å². The first-order chi connectivity index (χ1) is 15.2. The summed E-state index contributed by atoms with van der Waals surface area (Å²) in [6.07, 6.45) is 5.87. The summed E-state index contributed by atoms with van der Waals surface area (Å²) in [6.45, 7) is 0. The number of anilines is 1. The summed E-state index contributed by atoms with van der Waals surface area (Å²) in [5.41, 5.74) is 2.65. The van der Waals surface area contributed by atoms with E-state index in [2.05, 4.69) is 5.32 Å². The van der Waals surface area contributed by atoms with E-state index in [1.54, 1.807) is 0 Å². The van der Waals surface area contributed by atoms with Gasteiger partial charge in [-0.25, -0.2) is 4.79 Å². The van der Waals surface area contributed by atoms with E-state index in [1.807, 2.05) is 60.7 Å². The third-order valence-electron chi connectivity index (χ3n) is 6.65. The zero-order valence-electron chi connectivity index (χ0n) is 17.0.